The van der Waals surface area contributed by atoms with Crippen LogP contribution in [-0.4, -0.2) is 27.6 Å². The number of esters is 1. The number of nitro benzene ring substituents is 1. The fraction of sp³-hybridized carbons (Fsp3) is 0.172. The fourth-order valence-corrected chi connectivity index (χ4v) is 4.63. The minimum Gasteiger partial charge on any atom is -0.505 e. The van der Waals surface area contributed by atoms with Crippen molar-refractivity contribution in [2.45, 2.75) is 26.7 Å². The Hall–Kier alpha value is -4.92. The number of nitrogens with zero attached hydrogens (tertiary/aromatic N) is 2. The fourth-order valence-electron chi connectivity index (χ4n) is 4.63. The van der Waals surface area contributed by atoms with E-state index in [0.29, 0.717) is 44.8 Å². The minimum atomic E-state index is -0.586. The molecule has 0 radical (unpaired) electrons. The van der Waals surface area contributed by atoms with Gasteiger partial charge in [-0.2, -0.15) is 0 Å². The maximum atomic E-state index is 13.0. The molecule has 2 N–H and O–H groups in total. The number of hydrogen-bond donors (Lipinski definition) is 2. The Kier molecular flexibility index (Phi) is 6.42. The molecule has 38 heavy (non-hydrogen) atoms. The topological polar surface area (TPSA) is 131 Å². The number of aromatic hydroxyl groups is 1. The van der Waals surface area contributed by atoms with Gasteiger partial charge >= 0.3 is 5.97 Å². The number of aryl methyl sites for hydroxylation is 1. The molecule has 2 aromatic carbocycles. The summed E-state index contributed by atoms with van der Waals surface area (Å²) in [5, 5.41) is 22.8. The molecule has 192 valence electrons. The number of nitrogens with one attached hydrogen (secondary N) is 1. The number of hydrogen-bond acceptors (Lipinski definition) is 7. The van der Waals surface area contributed by atoms with Gasteiger partial charge in [-0.3, -0.25) is 10.1 Å². The van der Waals surface area contributed by atoms with E-state index in [1.807, 2.05) is 31.2 Å². The first kappa shape index (κ1) is 24.8. The van der Waals surface area contributed by atoms with E-state index in [2.05, 4.69) is 9.98 Å². The zero-order chi connectivity index (χ0) is 27.0. The number of H-pyrrole nitrogens is 1. The van der Waals surface area contributed by atoms with Crippen LogP contribution in [0.15, 0.2) is 81.3 Å². The largest absolute Gasteiger partial charge is 0.505 e. The van der Waals surface area contributed by atoms with E-state index >= 15 is 0 Å². The monoisotopic (exact) mass is 511 g/mol. The number of nitro groups is 1. The van der Waals surface area contributed by atoms with Gasteiger partial charge in [0.15, 0.2) is 0 Å². The molecule has 1 unspecified atom stereocenters. The summed E-state index contributed by atoms with van der Waals surface area (Å²) in [6.45, 7) is 5.68. The van der Waals surface area contributed by atoms with Crippen molar-refractivity contribution in [1.29, 1.82) is 0 Å². The number of rotatable bonds is 6. The van der Waals surface area contributed by atoms with E-state index in [4.69, 9.17) is 9.15 Å². The molecular weight excluding hydrogens is 486 g/mol. The van der Waals surface area contributed by atoms with Crippen LogP contribution in [-0.2, 0) is 9.53 Å². The van der Waals surface area contributed by atoms with Crippen molar-refractivity contribution < 1.29 is 24.0 Å². The Morgan fingerprint density at radius 3 is 2.66 bits per heavy atom. The zero-order valence-corrected chi connectivity index (χ0v) is 21.0. The molecule has 1 atom stereocenters. The Morgan fingerprint density at radius 1 is 1.18 bits per heavy atom. The van der Waals surface area contributed by atoms with Crippen molar-refractivity contribution in [3.05, 3.63) is 115 Å². The molecule has 1 aliphatic rings. The third kappa shape index (κ3) is 4.50. The predicted octanol–water partition coefficient (Wildman–Crippen LogP) is 4.63. The van der Waals surface area contributed by atoms with Crippen molar-refractivity contribution in [2.75, 3.05) is 6.61 Å². The van der Waals surface area contributed by atoms with Crippen LogP contribution in [0.4, 0.5) is 5.69 Å². The summed E-state index contributed by atoms with van der Waals surface area (Å²) in [7, 11) is 0. The van der Waals surface area contributed by atoms with E-state index < -0.39 is 16.8 Å². The molecule has 5 rings (SSSR count). The molecule has 4 aromatic rings. The minimum absolute atomic E-state index is 0.0387. The molecule has 0 aliphatic carbocycles. The van der Waals surface area contributed by atoms with E-state index in [-0.39, 0.29) is 18.0 Å². The van der Waals surface area contributed by atoms with Gasteiger partial charge in [0, 0.05) is 23.8 Å². The standard InChI is InChI=1S/C29H25N3O6/c1-4-37-29(34)24-17(3)30-28-26(25(24)18-10-8-16(2)9-11-18)27(33)22(31-28)15-21-12-13-23(38-21)19-6-5-7-20(14-19)32(35)36/h5-15,25,33H,4H2,1-3H3,(H,30,31). The molecule has 0 fully saturated rings. The summed E-state index contributed by atoms with van der Waals surface area (Å²) in [6, 6.07) is 17.3. The van der Waals surface area contributed by atoms with Crippen LogP contribution in [0.1, 0.15) is 42.2 Å². The molecule has 3 heterocycles. The second-order valence-electron chi connectivity index (χ2n) is 8.98. The lowest BCUT2D eigenvalue weighted by atomic mass is 9.83. The van der Waals surface area contributed by atoms with Gasteiger partial charge in [-0.1, -0.05) is 42.0 Å². The Bertz CT molecular complexity index is 1710. The predicted molar refractivity (Wildman–Crippen MR) is 140 cm³/mol. The first-order valence-corrected chi connectivity index (χ1v) is 12.1. The molecule has 9 nitrogen and oxygen atoms in total. The molecule has 0 spiro atoms. The lowest BCUT2D eigenvalue weighted by Crippen LogP contribution is -2.26. The first-order chi connectivity index (χ1) is 18.3. The maximum Gasteiger partial charge on any atom is 0.336 e. The van der Waals surface area contributed by atoms with Crippen LogP contribution in [0.2, 0.25) is 0 Å². The average Bonchev–Trinajstić information content (AvgIpc) is 3.48. The third-order valence-electron chi connectivity index (χ3n) is 6.43. The molecule has 2 aromatic heterocycles. The zero-order valence-electron chi connectivity index (χ0n) is 21.0. The molecule has 0 saturated heterocycles. The van der Waals surface area contributed by atoms with Crippen LogP contribution in [0.3, 0.4) is 0 Å². The molecule has 9 heteroatoms. The second kappa shape index (κ2) is 9.85. The highest BCUT2D eigenvalue weighted by Gasteiger charge is 2.35. The van der Waals surface area contributed by atoms with Gasteiger partial charge in [-0.05, 0) is 38.5 Å². The summed E-state index contributed by atoms with van der Waals surface area (Å²) >= 11 is 0. The number of aromatic nitrogens is 1. The van der Waals surface area contributed by atoms with Crippen LogP contribution < -0.4 is 10.8 Å². The van der Waals surface area contributed by atoms with Gasteiger partial charge < -0.3 is 19.2 Å². The van der Waals surface area contributed by atoms with Crippen LogP contribution in [0.25, 0.3) is 17.4 Å². The van der Waals surface area contributed by atoms with Crippen LogP contribution in [0, 0.1) is 17.0 Å². The van der Waals surface area contributed by atoms with Crippen molar-refractivity contribution in [2.24, 2.45) is 4.99 Å². The smallest absolute Gasteiger partial charge is 0.336 e. The Morgan fingerprint density at radius 2 is 1.95 bits per heavy atom. The highest BCUT2D eigenvalue weighted by atomic mass is 16.6. The molecule has 0 amide bonds. The normalized spacial score (nSPS) is 15.2. The molecular formula is C29H25N3O6. The summed E-state index contributed by atoms with van der Waals surface area (Å²) in [5.74, 6) is -0.263. The number of fused-ring (bicyclic) bond motifs is 1. The first-order valence-electron chi connectivity index (χ1n) is 12.1. The highest BCUT2D eigenvalue weighted by molar-refractivity contribution is 5.92. The van der Waals surface area contributed by atoms with Gasteiger partial charge in [0.25, 0.3) is 5.69 Å². The number of non-ortho nitro benzene ring substituents is 1. The van der Waals surface area contributed by atoms with Crippen molar-refractivity contribution in [1.82, 2.24) is 4.98 Å². The Balaban J connectivity index is 1.61. The molecule has 1 aliphatic heterocycles. The van der Waals surface area contributed by atoms with Crippen molar-refractivity contribution >= 4 is 17.7 Å². The summed E-state index contributed by atoms with van der Waals surface area (Å²) < 4.78 is 11.2. The van der Waals surface area contributed by atoms with Gasteiger partial charge in [-0.15, -0.1) is 0 Å². The van der Waals surface area contributed by atoms with Crippen LogP contribution >= 0.6 is 0 Å². The van der Waals surface area contributed by atoms with E-state index in [9.17, 15) is 20.0 Å². The second-order valence-corrected chi connectivity index (χ2v) is 8.98. The lowest BCUT2D eigenvalue weighted by molar-refractivity contribution is -0.384. The van der Waals surface area contributed by atoms with Gasteiger partial charge in [0.1, 0.15) is 22.8 Å². The number of aromatic amines is 1. The average molecular weight is 512 g/mol. The Labute approximate surface area is 217 Å². The third-order valence-corrected chi connectivity index (χ3v) is 6.43. The van der Waals surface area contributed by atoms with Gasteiger partial charge in [0.2, 0.25) is 0 Å². The van der Waals surface area contributed by atoms with E-state index in [1.54, 1.807) is 44.2 Å². The SMILES string of the molecule is CCOC(=O)C1=C(C)N=c2[nH]c(=Cc3ccc(-c4cccc([N+](=O)[O-])c4)o3)c(O)c2C1c1ccc(C)cc1. The van der Waals surface area contributed by atoms with Crippen LogP contribution in [0.5, 0.6) is 5.75 Å². The van der Waals surface area contributed by atoms with Gasteiger partial charge in [0.05, 0.1) is 39.6 Å². The summed E-state index contributed by atoms with van der Waals surface area (Å²) in [6.07, 6.45) is 1.62. The lowest BCUT2D eigenvalue weighted by Gasteiger charge is -2.23. The van der Waals surface area contributed by atoms with E-state index in [0.717, 1.165) is 11.1 Å². The maximum absolute atomic E-state index is 13.0. The number of allylic oxidation sites excluding steroid dienone is 1. The molecule has 0 bridgehead atoms. The van der Waals surface area contributed by atoms with E-state index in [1.165, 1.54) is 12.1 Å². The van der Waals surface area contributed by atoms with Gasteiger partial charge in [-0.25, -0.2) is 9.79 Å². The number of benzene rings is 2. The molecule has 0 saturated carbocycles. The summed E-state index contributed by atoms with van der Waals surface area (Å²) in [5.41, 5.74) is 4.19. The number of furan rings is 1. The van der Waals surface area contributed by atoms with Crippen molar-refractivity contribution in [3.63, 3.8) is 0 Å². The highest BCUT2D eigenvalue weighted by Crippen LogP contribution is 2.38. The number of carbonyl (C=O) groups is 1. The summed E-state index contributed by atoms with van der Waals surface area (Å²) in [4.78, 5) is 31.4. The van der Waals surface area contributed by atoms with Crippen molar-refractivity contribution in [3.8, 4) is 17.1 Å². The quantitative estimate of drug-likeness (QED) is 0.221. The number of carbonyl (C=O) groups excluding carboxylic acids is 1. The number of ether oxygens (including phenoxy) is 1.